The fourth-order valence-corrected chi connectivity index (χ4v) is 8.37. The molecule has 0 aliphatic rings. The Morgan fingerprint density at radius 3 is 1.56 bits per heavy atom. The van der Waals surface area contributed by atoms with Crippen molar-refractivity contribution in [3.63, 3.8) is 0 Å². The van der Waals surface area contributed by atoms with E-state index in [0.29, 0.717) is 95.3 Å². The molecule has 0 saturated carbocycles. The van der Waals surface area contributed by atoms with Gasteiger partial charge < -0.3 is 47.5 Å². The summed E-state index contributed by atoms with van der Waals surface area (Å²) in [6.45, 7) is 8.04. The van der Waals surface area contributed by atoms with Gasteiger partial charge in [0.05, 0.1) is 63.5 Å². The van der Waals surface area contributed by atoms with Crippen molar-refractivity contribution in [1.82, 2.24) is 0 Å². The molecular weight excluding hydrogens is 893 g/mol. The number of ether oxygens (including phenoxy) is 6. The number of hydrogen-bond acceptors (Lipinski definition) is 13. The molecule has 374 valence electrons. The third-order valence-corrected chi connectivity index (χ3v) is 12.2. The maximum absolute atomic E-state index is 13.3. The SMILES string of the molecule is C=CC(=O)OCC(O)CC(O)COC(CCCOc1ccc2cc(-c3ccc(CCCCC)cc3OC)c(=O)oc2c1)CCCOc1ccc2cc(-c3ccc(CCCCC)cc3OC)c(=O)oc2c1. The molecule has 4 aromatic carbocycles. The van der Waals surface area contributed by atoms with Gasteiger partial charge in [-0.1, -0.05) is 70.4 Å². The van der Waals surface area contributed by atoms with Crippen molar-refractivity contribution in [2.45, 2.75) is 116 Å². The molecule has 13 heteroatoms. The summed E-state index contributed by atoms with van der Waals surface area (Å²) in [6.07, 6.45) is 9.55. The molecule has 0 fully saturated rings. The number of hydrogen-bond donors (Lipinski definition) is 2. The van der Waals surface area contributed by atoms with E-state index in [9.17, 15) is 24.6 Å². The van der Waals surface area contributed by atoms with Crippen molar-refractivity contribution in [1.29, 1.82) is 0 Å². The summed E-state index contributed by atoms with van der Waals surface area (Å²) in [4.78, 5) is 38.0. The maximum atomic E-state index is 13.3. The summed E-state index contributed by atoms with van der Waals surface area (Å²) < 4.78 is 46.2. The van der Waals surface area contributed by atoms with Gasteiger partial charge in [-0.3, -0.25) is 0 Å². The minimum atomic E-state index is -1.08. The molecular formula is C57H68O13. The number of fused-ring (bicyclic) bond motifs is 2. The molecule has 2 atom stereocenters. The highest BCUT2D eigenvalue weighted by Gasteiger charge is 2.19. The summed E-state index contributed by atoms with van der Waals surface area (Å²) in [6, 6.07) is 26.3. The Labute approximate surface area is 409 Å². The smallest absolute Gasteiger partial charge is 0.344 e. The minimum absolute atomic E-state index is 0.0551. The van der Waals surface area contributed by atoms with Gasteiger partial charge in [-0.2, -0.15) is 0 Å². The Kier molecular flexibility index (Phi) is 20.5. The molecule has 6 rings (SSSR count). The van der Waals surface area contributed by atoms with Crippen LogP contribution >= 0.6 is 0 Å². The van der Waals surface area contributed by atoms with Gasteiger partial charge in [-0.15, -0.1) is 0 Å². The van der Waals surface area contributed by atoms with Gasteiger partial charge in [0.15, 0.2) is 0 Å². The number of carbonyl (C=O) groups excluding carboxylic acids is 1. The van der Waals surface area contributed by atoms with Crippen molar-refractivity contribution in [2.75, 3.05) is 40.6 Å². The third kappa shape index (κ3) is 15.3. The van der Waals surface area contributed by atoms with E-state index in [1.165, 1.54) is 0 Å². The number of benzene rings is 4. The lowest BCUT2D eigenvalue weighted by Crippen LogP contribution is -2.28. The van der Waals surface area contributed by atoms with Crippen molar-refractivity contribution >= 4 is 27.9 Å². The van der Waals surface area contributed by atoms with E-state index in [1.54, 1.807) is 26.4 Å². The van der Waals surface area contributed by atoms with Crippen LogP contribution < -0.4 is 30.2 Å². The Morgan fingerprint density at radius 1 is 0.614 bits per heavy atom. The lowest BCUT2D eigenvalue weighted by Gasteiger charge is -2.21. The van der Waals surface area contributed by atoms with Crippen LogP contribution in [-0.4, -0.2) is 75.1 Å². The first kappa shape index (κ1) is 53.0. The molecule has 0 amide bonds. The fraction of sp³-hybridized carbons (Fsp3) is 0.421. The second-order valence-electron chi connectivity index (χ2n) is 17.6. The summed E-state index contributed by atoms with van der Waals surface area (Å²) in [7, 11) is 3.21. The number of rotatable bonds is 30. The van der Waals surface area contributed by atoms with E-state index in [-0.39, 0.29) is 25.7 Å². The number of unbranched alkanes of at least 4 members (excludes halogenated alkanes) is 4. The summed E-state index contributed by atoms with van der Waals surface area (Å²) in [5.41, 5.74) is 4.35. The first-order chi connectivity index (χ1) is 34.0. The average Bonchev–Trinajstić information content (AvgIpc) is 3.36. The van der Waals surface area contributed by atoms with Gasteiger partial charge in [0, 0.05) is 46.5 Å². The topological polar surface area (TPSA) is 173 Å². The van der Waals surface area contributed by atoms with Gasteiger partial charge in [0.25, 0.3) is 0 Å². The van der Waals surface area contributed by atoms with E-state index >= 15 is 0 Å². The van der Waals surface area contributed by atoms with Crippen LogP contribution in [0.25, 0.3) is 44.2 Å². The predicted molar refractivity (Wildman–Crippen MR) is 272 cm³/mol. The fourth-order valence-electron chi connectivity index (χ4n) is 8.37. The van der Waals surface area contributed by atoms with Crippen LogP contribution in [-0.2, 0) is 27.1 Å². The van der Waals surface area contributed by atoms with Crippen LogP contribution in [0.1, 0.15) is 95.6 Å². The second kappa shape index (κ2) is 27.1. The highest BCUT2D eigenvalue weighted by atomic mass is 16.5. The van der Waals surface area contributed by atoms with Gasteiger partial charge in [-0.25, -0.2) is 14.4 Å². The molecule has 2 aromatic heterocycles. The zero-order valence-corrected chi connectivity index (χ0v) is 41.0. The number of aryl methyl sites for hydroxylation is 2. The Balaban J connectivity index is 1.05. The van der Waals surface area contributed by atoms with Crippen molar-refractivity contribution in [2.24, 2.45) is 0 Å². The van der Waals surface area contributed by atoms with E-state index in [0.717, 1.165) is 79.3 Å². The van der Waals surface area contributed by atoms with Gasteiger partial charge in [0.2, 0.25) is 0 Å². The molecule has 2 heterocycles. The van der Waals surface area contributed by atoms with Crippen molar-refractivity contribution in [3.8, 4) is 45.3 Å². The standard InChI is InChI=1S/C57H68O13/c1-6-9-11-15-38-19-25-47(53(29-38)63-4)49-31-40-21-23-45(34-51(40)69-56(49)61)65-27-13-17-44(67-36-42(58)33-43(59)37-68-55(60)8-3)18-14-28-66-46-24-22-41-32-50(57(62)70-52(41)35-46)48-26-20-39(16-12-10-7-2)30-54(48)64-5/h8,19-26,29-32,34-35,42-44,58-59H,3,6-7,9-18,27-28,33,36-37H2,1-2,4-5H3. The zero-order chi connectivity index (χ0) is 49.8. The quantitative estimate of drug-likeness (QED) is 0.0189. The van der Waals surface area contributed by atoms with E-state index < -0.39 is 29.4 Å². The number of aliphatic hydroxyl groups excluding tert-OH is 2. The molecule has 6 aromatic rings. The van der Waals surface area contributed by atoms with Crippen LogP contribution in [0.15, 0.2) is 116 Å². The Hall–Kier alpha value is -6.41. The van der Waals surface area contributed by atoms with Crippen LogP contribution in [0.4, 0.5) is 0 Å². The monoisotopic (exact) mass is 960 g/mol. The minimum Gasteiger partial charge on any atom is -0.496 e. The van der Waals surface area contributed by atoms with E-state index in [2.05, 4.69) is 20.4 Å². The largest absolute Gasteiger partial charge is 0.496 e. The summed E-state index contributed by atoms with van der Waals surface area (Å²) in [5.74, 6) is 1.67. The lowest BCUT2D eigenvalue weighted by atomic mass is 10.00. The first-order valence-corrected chi connectivity index (χ1v) is 24.5. The molecule has 70 heavy (non-hydrogen) atoms. The number of methoxy groups -OCH3 is 2. The van der Waals surface area contributed by atoms with Crippen molar-refractivity contribution in [3.05, 3.63) is 130 Å². The van der Waals surface area contributed by atoms with Crippen molar-refractivity contribution < 1.29 is 52.3 Å². The number of carbonyl (C=O) groups is 1. The molecule has 0 aliphatic carbocycles. The highest BCUT2D eigenvalue weighted by molar-refractivity contribution is 5.85. The Morgan fingerprint density at radius 2 is 1.10 bits per heavy atom. The molecule has 0 spiro atoms. The zero-order valence-electron chi connectivity index (χ0n) is 41.0. The third-order valence-electron chi connectivity index (χ3n) is 12.2. The van der Waals surface area contributed by atoms with Crippen LogP contribution in [0.2, 0.25) is 0 Å². The lowest BCUT2D eigenvalue weighted by molar-refractivity contribution is -0.141. The number of aliphatic hydroxyl groups is 2. The van der Waals surface area contributed by atoms with Gasteiger partial charge in [0.1, 0.15) is 40.8 Å². The summed E-state index contributed by atoms with van der Waals surface area (Å²) in [5, 5.41) is 22.5. The van der Waals surface area contributed by atoms with E-state index in [1.807, 2.05) is 72.8 Å². The average molecular weight is 961 g/mol. The first-order valence-electron chi connectivity index (χ1n) is 24.5. The predicted octanol–water partition coefficient (Wildman–Crippen LogP) is 11.0. The second-order valence-corrected chi connectivity index (χ2v) is 17.6. The number of esters is 1. The van der Waals surface area contributed by atoms with Crippen LogP contribution in [0, 0.1) is 0 Å². The molecule has 13 nitrogen and oxygen atoms in total. The molecule has 2 N–H and O–H groups in total. The molecule has 2 unspecified atom stereocenters. The molecule has 0 bridgehead atoms. The highest BCUT2D eigenvalue weighted by Crippen LogP contribution is 2.34. The Bertz CT molecular complexity index is 2590. The van der Waals surface area contributed by atoms with Crippen LogP contribution in [0.3, 0.4) is 0 Å². The normalized spacial score (nSPS) is 12.3. The van der Waals surface area contributed by atoms with Gasteiger partial charge in [-0.05, 0) is 111 Å². The van der Waals surface area contributed by atoms with Crippen LogP contribution in [0.5, 0.6) is 23.0 Å². The van der Waals surface area contributed by atoms with Gasteiger partial charge >= 0.3 is 17.2 Å². The van der Waals surface area contributed by atoms with E-state index in [4.69, 9.17) is 37.3 Å². The summed E-state index contributed by atoms with van der Waals surface area (Å²) >= 11 is 0. The molecule has 0 saturated heterocycles. The molecule has 0 aliphatic heterocycles. The molecule has 0 radical (unpaired) electrons. The maximum Gasteiger partial charge on any atom is 0.344 e.